The zero-order valence-corrected chi connectivity index (χ0v) is 17.4. The van der Waals surface area contributed by atoms with E-state index in [1.54, 1.807) is 43.6 Å². The number of hydrogen-bond acceptors (Lipinski definition) is 8. The Balaban J connectivity index is 1.48. The lowest BCUT2D eigenvalue weighted by molar-refractivity contribution is -0.129. The molecule has 0 fully saturated rings. The number of hydrogen-bond donors (Lipinski definition) is 1. The number of anilines is 1. The molecule has 0 spiro atoms. The average molecular weight is 418 g/mol. The molecule has 4 rings (SSSR count). The van der Waals surface area contributed by atoms with Crippen molar-refractivity contribution in [3.63, 3.8) is 0 Å². The first kappa shape index (κ1) is 20.2. The molecule has 10 heteroatoms. The fourth-order valence-electron chi connectivity index (χ4n) is 2.97. The second kappa shape index (κ2) is 8.34. The highest BCUT2D eigenvalue weighted by Gasteiger charge is 2.18. The van der Waals surface area contributed by atoms with Crippen molar-refractivity contribution < 1.29 is 9.32 Å². The largest absolute Gasteiger partial charge is 0.368 e. The van der Waals surface area contributed by atoms with Gasteiger partial charge in [-0.15, -0.1) is 0 Å². The van der Waals surface area contributed by atoms with Crippen molar-refractivity contribution in [1.82, 2.24) is 34.8 Å². The van der Waals surface area contributed by atoms with Gasteiger partial charge in [-0.05, 0) is 11.1 Å². The van der Waals surface area contributed by atoms with Gasteiger partial charge in [-0.25, -0.2) is 9.97 Å². The number of nitrogens with zero attached hydrogens (tertiary/aromatic N) is 7. The predicted molar refractivity (Wildman–Crippen MR) is 114 cm³/mol. The second-order valence-electron chi connectivity index (χ2n) is 7.35. The topological polar surface area (TPSA) is 129 Å². The maximum absolute atomic E-state index is 11.8. The molecule has 158 valence electrons. The Morgan fingerprint density at radius 2 is 1.81 bits per heavy atom. The Bertz CT molecular complexity index is 1180. The van der Waals surface area contributed by atoms with E-state index >= 15 is 0 Å². The first-order valence-electron chi connectivity index (χ1n) is 9.65. The van der Waals surface area contributed by atoms with Gasteiger partial charge in [0.15, 0.2) is 5.82 Å². The van der Waals surface area contributed by atoms with Crippen LogP contribution in [0.25, 0.3) is 22.6 Å². The number of carbonyl (C=O) groups is 1. The number of amides is 1. The van der Waals surface area contributed by atoms with Gasteiger partial charge in [-0.3, -0.25) is 9.48 Å². The molecule has 3 heterocycles. The number of nitrogens with two attached hydrogens (primary N) is 1. The van der Waals surface area contributed by atoms with Gasteiger partial charge < -0.3 is 15.2 Å². The van der Waals surface area contributed by atoms with E-state index in [1.807, 2.05) is 31.2 Å². The molecule has 3 aromatic heterocycles. The van der Waals surface area contributed by atoms with Crippen LogP contribution in [0.1, 0.15) is 24.2 Å². The van der Waals surface area contributed by atoms with E-state index in [2.05, 4.69) is 25.2 Å². The smallest absolute Gasteiger partial charge is 0.261 e. The van der Waals surface area contributed by atoms with Gasteiger partial charge in [0.25, 0.3) is 5.89 Å². The third-order valence-corrected chi connectivity index (χ3v) is 4.92. The number of rotatable bonds is 6. The van der Waals surface area contributed by atoms with E-state index in [9.17, 15) is 4.79 Å². The van der Waals surface area contributed by atoms with E-state index in [-0.39, 0.29) is 24.3 Å². The summed E-state index contributed by atoms with van der Waals surface area (Å²) < 4.78 is 6.97. The van der Waals surface area contributed by atoms with Gasteiger partial charge in [-0.1, -0.05) is 36.3 Å². The molecule has 0 bridgehead atoms. The molecular formula is C21H22N8O2. The summed E-state index contributed by atoms with van der Waals surface area (Å²) in [5.74, 6) is 1.05. The van der Waals surface area contributed by atoms with Crippen LogP contribution in [0.2, 0.25) is 0 Å². The highest BCUT2D eigenvalue weighted by molar-refractivity contribution is 5.75. The molecule has 1 aromatic carbocycles. The number of likely N-dealkylation sites (N-methyl/N-ethyl adjacent to an activating group) is 1. The van der Waals surface area contributed by atoms with E-state index in [0.717, 1.165) is 16.7 Å². The highest BCUT2D eigenvalue weighted by Crippen LogP contribution is 2.27. The summed E-state index contributed by atoms with van der Waals surface area (Å²) in [4.78, 5) is 25.9. The molecule has 0 saturated carbocycles. The summed E-state index contributed by atoms with van der Waals surface area (Å²) in [6.07, 6.45) is 6.71. The molecule has 0 aliphatic heterocycles. The Hall–Kier alpha value is -4.08. The molecule has 4 aromatic rings. The van der Waals surface area contributed by atoms with E-state index in [4.69, 9.17) is 10.3 Å². The van der Waals surface area contributed by atoms with Crippen LogP contribution in [0.4, 0.5) is 5.95 Å². The number of nitrogen functional groups attached to an aromatic ring is 1. The van der Waals surface area contributed by atoms with E-state index in [1.165, 1.54) is 4.90 Å². The van der Waals surface area contributed by atoms with Crippen molar-refractivity contribution in [2.75, 3.05) is 19.8 Å². The van der Waals surface area contributed by atoms with Crippen molar-refractivity contribution in [2.24, 2.45) is 0 Å². The summed E-state index contributed by atoms with van der Waals surface area (Å²) in [5.41, 5.74) is 9.13. The van der Waals surface area contributed by atoms with Crippen LogP contribution in [0, 0.1) is 0 Å². The number of aromatic nitrogens is 6. The van der Waals surface area contributed by atoms with Crippen LogP contribution < -0.4 is 5.73 Å². The van der Waals surface area contributed by atoms with Crippen LogP contribution in [-0.4, -0.2) is 54.8 Å². The molecule has 0 aliphatic carbocycles. The Kier molecular flexibility index (Phi) is 5.44. The lowest BCUT2D eigenvalue weighted by Crippen LogP contribution is -2.26. The minimum Gasteiger partial charge on any atom is -0.368 e. The summed E-state index contributed by atoms with van der Waals surface area (Å²) in [7, 11) is 3.41. The SMILES string of the molecule is CC(c1ccc(-c2cnc(N)nc2)cc1)c1noc(-c2cnn(CC(=O)N(C)C)c2)n1. The Morgan fingerprint density at radius 1 is 1.10 bits per heavy atom. The maximum Gasteiger partial charge on any atom is 0.261 e. The molecule has 0 radical (unpaired) electrons. The van der Waals surface area contributed by atoms with E-state index in [0.29, 0.717) is 17.3 Å². The fraction of sp³-hybridized carbons (Fsp3) is 0.238. The van der Waals surface area contributed by atoms with Gasteiger partial charge in [0.1, 0.15) is 6.54 Å². The third kappa shape index (κ3) is 4.42. The average Bonchev–Trinajstić information content (AvgIpc) is 3.43. The van der Waals surface area contributed by atoms with Gasteiger partial charge in [0, 0.05) is 44.2 Å². The van der Waals surface area contributed by atoms with Crippen molar-refractivity contribution in [3.8, 4) is 22.6 Å². The normalized spacial score (nSPS) is 12.0. The zero-order chi connectivity index (χ0) is 22.0. The summed E-state index contributed by atoms with van der Waals surface area (Å²) in [6.45, 7) is 2.16. The van der Waals surface area contributed by atoms with Gasteiger partial charge in [0.2, 0.25) is 11.9 Å². The second-order valence-corrected chi connectivity index (χ2v) is 7.35. The monoisotopic (exact) mass is 418 g/mol. The van der Waals surface area contributed by atoms with E-state index < -0.39 is 0 Å². The van der Waals surface area contributed by atoms with Crippen molar-refractivity contribution >= 4 is 11.9 Å². The Labute approximate surface area is 178 Å². The standard InChI is InChI=1S/C21H22N8O2/c1-13(14-4-6-15(7-5-14)16-8-23-21(22)24-9-16)19-26-20(31-27-19)17-10-25-29(11-17)12-18(30)28(2)3/h4-11,13H,12H2,1-3H3,(H2,22,23,24). The highest BCUT2D eigenvalue weighted by atomic mass is 16.5. The molecular weight excluding hydrogens is 396 g/mol. The predicted octanol–water partition coefficient (Wildman–Crippen LogP) is 2.21. The van der Waals surface area contributed by atoms with Crippen molar-refractivity contribution in [3.05, 3.63) is 60.4 Å². The van der Waals surface area contributed by atoms with Gasteiger partial charge in [0.05, 0.1) is 11.8 Å². The van der Waals surface area contributed by atoms with Crippen LogP contribution in [0.5, 0.6) is 0 Å². The summed E-state index contributed by atoms with van der Waals surface area (Å²) >= 11 is 0. The minimum absolute atomic E-state index is 0.0523. The molecule has 1 atom stereocenters. The summed E-state index contributed by atoms with van der Waals surface area (Å²) in [6, 6.07) is 8.01. The van der Waals surface area contributed by atoms with Crippen LogP contribution >= 0.6 is 0 Å². The molecule has 0 aliphatic rings. The zero-order valence-electron chi connectivity index (χ0n) is 17.4. The summed E-state index contributed by atoms with van der Waals surface area (Å²) in [5, 5.41) is 8.32. The molecule has 1 amide bonds. The maximum atomic E-state index is 11.8. The first-order valence-corrected chi connectivity index (χ1v) is 9.65. The lowest BCUT2D eigenvalue weighted by Gasteiger charge is -2.09. The van der Waals surface area contributed by atoms with Gasteiger partial charge in [-0.2, -0.15) is 10.1 Å². The van der Waals surface area contributed by atoms with Crippen LogP contribution in [0.3, 0.4) is 0 Å². The molecule has 1 unspecified atom stereocenters. The fourth-order valence-corrected chi connectivity index (χ4v) is 2.97. The quantitative estimate of drug-likeness (QED) is 0.505. The Morgan fingerprint density at radius 3 is 2.48 bits per heavy atom. The third-order valence-electron chi connectivity index (χ3n) is 4.92. The van der Waals surface area contributed by atoms with Crippen LogP contribution in [0.15, 0.2) is 53.6 Å². The number of carbonyl (C=O) groups excluding carboxylic acids is 1. The lowest BCUT2D eigenvalue weighted by atomic mass is 9.98. The van der Waals surface area contributed by atoms with Crippen molar-refractivity contribution in [2.45, 2.75) is 19.4 Å². The molecule has 0 saturated heterocycles. The molecule has 31 heavy (non-hydrogen) atoms. The van der Waals surface area contributed by atoms with Crippen molar-refractivity contribution in [1.29, 1.82) is 0 Å². The number of benzene rings is 1. The molecule has 10 nitrogen and oxygen atoms in total. The molecule has 2 N–H and O–H groups in total. The van der Waals surface area contributed by atoms with Crippen LogP contribution in [-0.2, 0) is 11.3 Å². The van der Waals surface area contributed by atoms with Gasteiger partial charge >= 0.3 is 0 Å². The minimum atomic E-state index is -0.0698. The first-order chi connectivity index (χ1) is 14.9.